The molecule has 0 aliphatic rings. The highest BCUT2D eigenvalue weighted by atomic mass is 16.5. The van der Waals surface area contributed by atoms with Crippen molar-refractivity contribution in [1.29, 1.82) is 0 Å². The largest absolute Gasteiger partial charge is 0.493 e. The number of aromatic nitrogens is 2. The highest BCUT2D eigenvalue weighted by Gasteiger charge is 2.28. The van der Waals surface area contributed by atoms with Crippen molar-refractivity contribution in [2.24, 2.45) is 0 Å². The highest BCUT2D eigenvalue weighted by Crippen LogP contribution is 2.27. The van der Waals surface area contributed by atoms with Crippen molar-refractivity contribution in [2.45, 2.75) is 26.0 Å². The number of aryl methyl sites for hydroxylation is 1. The molecule has 0 aliphatic carbocycles. The molecule has 5 heteroatoms. The topological polar surface area (TPSA) is 53.4 Å². The standard InChI is InChI=1S/C16H20N2O3/c1-4-10-18-14(13(20-2)11-17-18)15(19)16(21-3)12-8-6-5-7-9-12/h5-9,11,16H,4,10H2,1-3H3. The van der Waals surface area contributed by atoms with Crippen molar-refractivity contribution in [1.82, 2.24) is 9.78 Å². The van der Waals surface area contributed by atoms with Gasteiger partial charge < -0.3 is 9.47 Å². The fraction of sp³-hybridized carbons (Fsp3) is 0.375. The molecule has 0 amide bonds. The lowest BCUT2D eigenvalue weighted by atomic mass is 10.0. The lowest BCUT2D eigenvalue weighted by Crippen LogP contribution is -2.20. The van der Waals surface area contributed by atoms with E-state index in [2.05, 4.69) is 5.10 Å². The first-order chi connectivity index (χ1) is 10.2. The van der Waals surface area contributed by atoms with Gasteiger partial charge in [0.1, 0.15) is 11.8 Å². The Bertz CT molecular complexity index is 593. The SMILES string of the molecule is CCCn1ncc(OC)c1C(=O)C(OC)c1ccccc1. The van der Waals surface area contributed by atoms with Gasteiger partial charge in [-0.2, -0.15) is 5.10 Å². The number of carbonyl (C=O) groups excluding carboxylic acids is 1. The second-order valence-electron chi connectivity index (χ2n) is 4.68. The number of rotatable bonds is 7. The fourth-order valence-electron chi connectivity index (χ4n) is 2.29. The summed E-state index contributed by atoms with van der Waals surface area (Å²) >= 11 is 0. The lowest BCUT2D eigenvalue weighted by molar-refractivity contribution is 0.0590. The minimum atomic E-state index is -0.660. The number of Topliss-reactive ketones (excluding diaryl/α,β-unsaturated/α-hetero) is 1. The smallest absolute Gasteiger partial charge is 0.217 e. The van der Waals surface area contributed by atoms with E-state index in [0.29, 0.717) is 18.0 Å². The molecule has 1 aromatic carbocycles. The average molecular weight is 288 g/mol. The van der Waals surface area contributed by atoms with Gasteiger partial charge in [0.25, 0.3) is 0 Å². The van der Waals surface area contributed by atoms with Gasteiger partial charge in [-0.15, -0.1) is 0 Å². The Morgan fingerprint density at radius 2 is 2.00 bits per heavy atom. The summed E-state index contributed by atoms with van der Waals surface area (Å²) in [6.45, 7) is 2.70. The molecule has 1 heterocycles. The van der Waals surface area contributed by atoms with E-state index < -0.39 is 6.10 Å². The summed E-state index contributed by atoms with van der Waals surface area (Å²) in [5.74, 6) is 0.331. The van der Waals surface area contributed by atoms with Gasteiger partial charge in [-0.25, -0.2) is 0 Å². The van der Waals surface area contributed by atoms with Crippen LogP contribution in [0.5, 0.6) is 5.75 Å². The molecule has 1 unspecified atom stereocenters. The van der Waals surface area contributed by atoms with Crippen LogP contribution >= 0.6 is 0 Å². The van der Waals surface area contributed by atoms with Gasteiger partial charge >= 0.3 is 0 Å². The molecule has 0 fully saturated rings. The number of carbonyl (C=O) groups is 1. The summed E-state index contributed by atoms with van der Waals surface area (Å²) in [7, 11) is 3.07. The van der Waals surface area contributed by atoms with E-state index in [1.54, 1.807) is 10.9 Å². The Morgan fingerprint density at radius 3 is 2.57 bits per heavy atom. The zero-order chi connectivity index (χ0) is 15.2. The molecule has 0 spiro atoms. The zero-order valence-corrected chi connectivity index (χ0v) is 12.6. The van der Waals surface area contributed by atoms with Crippen LogP contribution in [-0.2, 0) is 11.3 Å². The molecule has 2 aromatic rings. The van der Waals surface area contributed by atoms with Crippen molar-refractivity contribution >= 4 is 5.78 Å². The van der Waals surface area contributed by atoms with E-state index in [9.17, 15) is 4.79 Å². The first-order valence-corrected chi connectivity index (χ1v) is 6.94. The van der Waals surface area contributed by atoms with E-state index in [1.165, 1.54) is 14.2 Å². The number of hydrogen-bond donors (Lipinski definition) is 0. The van der Waals surface area contributed by atoms with Crippen LogP contribution in [-0.4, -0.2) is 29.8 Å². The van der Waals surface area contributed by atoms with E-state index in [-0.39, 0.29) is 5.78 Å². The van der Waals surface area contributed by atoms with Gasteiger partial charge in [0.05, 0.1) is 13.3 Å². The lowest BCUT2D eigenvalue weighted by Gasteiger charge is -2.16. The molecule has 0 aliphatic heterocycles. The monoisotopic (exact) mass is 288 g/mol. The van der Waals surface area contributed by atoms with Gasteiger partial charge in [0.15, 0.2) is 5.75 Å². The van der Waals surface area contributed by atoms with Gasteiger partial charge in [-0.05, 0) is 12.0 Å². The van der Waals surface area contributed by atoms with Gasteiger partial charge in [0.2, 0.25) is 5.78 Å². The van der Waals surface area contributed by atoms with Crippen molar-refractivity contribution in [3.8, 4) is 5.75 Å². The summed E-state index contributed by atoms with van der Waals surface area (Å²) in [4.78, 5) is 12.8. The Morgan fingerprint density at radius 1 is 1.29 bits per heavy atom. The van der Waals surface area contributed by atoms with E-state index in [1.807, 2.05) is 37.3 Å². The normalized spacial score (nSPS) is 12.1. The van der Waals surface area contributed by atoms with Crippen LogP contribution in [0.25, 0.3) is 0 Å². The van der Waals surface area contributed by atoms with Crippen LogP contribution in [0.3, 0.4) is 0 Å². The Hall–Kier alpha value is -2.14. The van der Waals surface area contributed by atoms with Crippen LogP contribution in [0.4, 0.5) is 0 Å². The second-order valence-corrected chi connectivity index (χ2v) is 4.68. The van der Waals surface area contributed by atoms with Crippen molar-refractivity contribution in [3.05, 3.63) is 47.8 Å². The first kappa shape index (κ1) is 15.3. The van der Waals surface area contributed by atoms with Gasteiger partial charge in [0, 0.05) is 13.7 Å². The molecular formula is C16H20N2O3. The maximum Gasteiger partial charge on any atom is 0.217 e. The molecular weight excluding hydrogens is 268 g/mol. The van der Waals surface area contributed by atoms with Crippen LogP contribution in [0, 0.1) is 0 Å². The molecule has 0 radical (unpaired) electrons. The maximum atomic E-state index is 12.8. The molecule has 21 heavy (non-hydrogen) atoms. The molecule has 0 saturated carbocycles. The minimum absolute atomic E-state index is 0.147. The number of hydrogen-bond acceptors (Lipinski definition) is 4. The molecule has 0 saturated heterocycles. The van der Waals surface area contributed by atoms with E-state index >= 15 is 0 Å². The van der Waals surface area contributed by atoms with Gasteiger partial charge in [-0.3, -0.25) is 9.48 Å². The summed E-state index contributed by atoms with van der Waals surface area (Å²) in [6, 6.07) is 9.42. The van der Waals surface area contributed by atoms with E-state index in [0.717, 1.165) is 12.0 Å². The van der Waals surface area contributed by atoms with Crippen molar-refractivity contribution in [3.63, 3.8) is 0 Å². The third-order valence-corrected chi connectivity index (χ3v) is 3.27. The predicted octanol–water partition coefficient (Wildman–Crippen LogP) is 2.87. The quantitative estimate of drug-likeness (QED) is 0.735. The zero-order valence-electron chi connectivity index (χ0n) is 12.6. The molecule has 1 atom stereocenters. The molecule has 0 N–H and O–H groups in total. The Labute approximate surface area is 124 Å². The summed E-state index contributed by atoms with van der Waals surface area (Å²) < 4.78 is 12.3. The van der Waals surface area contributed by atoms with Gasteiger partial charge in [-0.1, -0.05) is 37.3 Å². The number of ketones is 1. The third-order valence-electron chi connectivity index (χ3n) is 3.27. The van der Waals surface area contributed by atoms with Crippen molar-refractivity contribution in [2.75, 3.05) is 14.2 Å². The maximum absolute atomic E-state index is 12.8. The number of ether oxygens (including phenoxy) is 2. The van der Waals surface area contributed by atoms with Crippen LogP contribution in [0.2, 0.25) is 0 Å². The molecule has 112 valence electrons. The predicted molar refractivity (Wildman–Crippen MR) is 79.6 cm³/mol. The molecule has 0 bridgehead atoms. The summed E-state index contributed by atoms with van der Waals surface area (Å²) in [6.07, 6.45) is 1.79. The van der Waals surface area contributed by atoms with Crippen LogP contribution < -0.4 is 4.74 Å². The summed E-state index contributed by atoms with van der Waals surface area (Å²) in [5.41, 5.74) is 1.27. The van der Waals surface area contributed by atoms with Crippen molar-refractivity contribution < 1.29 is 14.3 Å². The van der Waals surface area contributed by atoms with E-state index in [4.69, 9.17) is 9.47 Å². The molecule has 5 nitrogen and oxygen atoms in total. The highest BCUT2D eigenvalue weighted by molar-refractivity contribution is 6.00. The Balaban J connectivity index is 2.40. The molecule has 2 rings (SSSR count). The number of nitrogens with zero attached hydrogens (tertiary/aromatic N) is 2. The summed E-state index contributed by atoms with van der Waals surface area (Å²) in [5, 5.41) is 4.22. The fourth-order valence-corrected chi connectivity index (χ4v) is 2.29. The molecule has 1 aromatic heterocycles. The minimum Gasteiger partial charge on any atom is -0.493 e. The van der Waals surface area contributed by atoms with Crippen LogP contribution in [0.15, 0.2) is 36.5 Å². The second kappa shape index (κ2) is 7.04. The third kappa shape index (κ3) is 3.13. The number of benzene rings is 1. The first-order valence-electron chi connectivity index (χ1n) is 6.94. The average Bonchev–Trinajstić information content (AvgIpc) is 2.92. The Kier molecular flexibility index (Phi) is 5.11. The number of methoxy groups -OCH3 is 2. The van der Waals surface area contributed by atoms with Crippen LogP contribution in [0.1, 0.15) is 35.5 Å².